The van der Waals surface area contributed by atoms with Crippen LogP contribution >= 0.6 is 11.8 Å². The van der Waals surface area contributed by atoms with Crippen molar-refractivity contribution in [2.75, 3.05) is 26.0 Å². The van der Waals surface area contributed by atoms with Gasteiger partial charge in [0.25, 0.3) is 11.1 Å². The van der Waals surface area contributed by atoms with Crippen LogP contribution < -0.4 is 10.6 Å². The molecule has 31 heavy (non-hydrogen) atoms. The second-order valence-corrected chi connectivity index (χ2v) is 7.98. The van der Waals surface area contributed by atoms with Gasteiger partial charge in [-0.1, -0.05) is 42.1 Å². The van der Waals surface area contributed by atoms with E-state index in [0.29, 0.717) is 28.3 Å². The molecule has 2 aromatic carbocycles. The van der Waals surface area contributed by atoms with Gasteiger partial charge in [-0.15, -0.1) is 0 Å². The smallest absolute Gasteiger partial charge is 0.328 e. The number of amides is 1. The van der Waals surface area contributed by atoms with Crippen LogP contribution in [0, 0.1) is 0 Å². The number of hydrogen-bond donors (Lipinski definition) is 2. The van der Waals surface area contributed by atoms with E-state index in [1.807, 2.05) is 37.4 Å². The van der Waals surface area contributed by atoms with Gasteiger partial charge in [-0.05, 0) is 50.7 Å². The lowest BCUT2D eigenvalue weighted by atomic mass is 10.1. The Morgan fingerprint density at radius 2 is 2.00 bits per heavy atom. The van der Waals surface area contributed by atoms with E-state index in [9.17, 15) is 9.59 Å². The summed E-state index contributed by atoms with van der Waals surface area (Å²) in [6.45, 7) is 2.92. The van der Waals surface area contributed by atoms with E-state index in [0.717, 1.165) is 24.3 Å². The summed E-state index contributed by atoms with van der Waals surface area (Å²) >= 11 is 1.54. The maximum atomic E-state index is 12.9. The van der Waals surface area contributed by atoms with Gasteiger partial charge in [0.1, 0.15) is 11.6 Å². The standard InChI is InChI=1S/C23H27N3O4S/c1-3-29-22(28)19(14-16-8-5-4-6-9-16)25-21(27)17-10-11-20-18(15-17)26-23(30-20)31-13-7-12-24-2/h4-6,8-11,15,19,24H,3,7,12-14H2,1-2H3,(H,25,27)/t19-/m0/s1. The van der Waals surface area contributed by atoms with Crippen LogP contribution in [0.25, 0.3) is 11.1 Å². The van der Waals surface area contributed by atoms with Crippen LogP contribution in [0.1, 0.15) is 29.3 Å². The number of fused-ring (bicyclic) bond motifs is 1. The fraction of sp³-hybridized carbons (Fsp3) is 0.348. The Hall–Kier alpha value is -2.84. The topological polar surface area (TPSA) is 93.5 Å². The Balaban J connectivity index is 1.70. The number of esters is 1. The van der Waals surface area contributed by atoms with Gasteiger partial charge < -0.3 is 19.8 Å². The highest BCUT2D eigenvalue weighted by atomic mass is 32.2. The molecule has 3 aromatic rings. The first-order chi connectivity index (χ1) is 15.1. The van der Waals surface area contributed by atoms with Gasteiger partial charge >= 0.3 is 5.97 Å². The first-order valence-electron chi connectivity index (χ1n) is 10.3. The largest absolute Gasteiger partial charge is 0.464 e. The molecule has 0 aliphatic rings. The maximum Gasteiger partial charge on any atom is 0.328 e. The molecule has 1 amide bonds. The Bertz CT molecular complexity index is 1010. The van der Waals surface area contributed by atoms with E-state index in [1.54, 1.807) is 36.9 Å². The average molecular weight is 442 g/mol. The minimum Gasteiger partial charge on any atom is -0.464 e. The molecule has 1 heterocycles. The van der Waals surface area contributed by atoms with Crippen molar-refractivity contribution in [3.05, 3.63) is 59.7 Å². The summed E-state index contributed by atoms with van der Waals surface area (Å²) in [6.07, 6.45) is 1.36. The number of oxazole rings is 1. The predicted octanol–water partition coefficient (Wildman–Crippen LogP) is 3.43. The molecule has 1 aromatic heterocycles. The summed E-state index contributed by atoms with van der Waals surface area (Å²) in [5.41, 5.74) is 2.58. The number of hydrogen-bond acceptors (Lipinski definition) is 7. The highest BCUT2D eigenvalue weighted by Crippen LogP contribution is 2.24. The number of aromatic nitrogens is 1. The minimum absolute atomic E-state index is 0.250. The summed E-state index contributed by atoms with van der Waals surface area (Å²) in [5.74, 6) is 0.0754. The zero-order valence-corrected chi connectivity index (χ0v) is 18.5. The Morgan fingerprint density at radius 3 is 2.74 bits per heavy atom. The van der Waals surface area contributed by atoms with Crippen LogP contribution in [0.3, 0.4) is 0 Å². The third kappa shape index (κ3) is 6.57. The van der Waals surface area contributed by atoms with Crippen molar-refractivity contribution in [1.82, 2.24) is 15.6 Å². The van der Waals surface area contributed by atoms with Crippen molar-refractivity contribution in [2.45, 2.75) is 31.0 Å². The lowest BCUT2D eigenvalue weighted by molar-refractivity contribution is -0.145. The van der Waals surface area contributed by atoms with Gasteiger partial charge in [-0.3, -0.25) is 4.79 Å². The Kier molecular flexibility index (Phi) is 8.49. The van der Waals surface area contributed by atoms with Gasteiger partial charge in [0.2, 0.25) is 0 Å². The molecule has 0 aliphatic heterocycles. The summed E-state index contributed by atoms with van der Waals surface area (Å²) in [5, 5.41) is 6.49. The van der Waals surface area contributed by atoms with Crippen LogP contribution in [0.4, 0.5) is 0 Å². The first-order valence-corrected chi connectivity index (χ1v) is 11.3. The SMILES string of the molecule is CCOC(=O)[C@H](Cc1ccccc1)NC(=O)c1ccc2oc(SCCCNC)nc2c1. The molecule has 0 spiro atoms. The van der Waals surface area contributed by atoms with E-state index < -0.39 is 12.0 Å². The Morgan fingerprint density at radius 1 is 1.19 bits per heavy atom. The van der Waals surface area contributed by atoms with Crippen molar-refractivity contribution in [2.24, 2.45) is 0 Å². The van der Waals surface area contributed by atoms with Crippen LogP contribution in [0.15, 0.2) is 58.2 Å². The first kappa shape index (κ1) is 22.8. The summed E-state index contributed by atoms with van der Waals surface area (Å²) in [7, 11) is 1.92. The zero-order chi connectivity index (χ0) is 22.1. The highest BCUT2D eigenvalue weighted by molar-refractivity contribution is 7.99. The predicted molar refractivity (Wildman–Crippen MR) is 121 cm³/mol. The van der Waals surface area contributed by atoms with E-state index >= 15 is 0 Å². The fourth-order valence-electron chi connectivity index (χ4n) is 3.05. The molecular formula is C23H27N3O4S. The van der Waals surface area contributed by atoms with Crippen LogP contribution in [-0.4, -0.2) is 48.9 Å². The third-order valence-electron chi connectivity index (χ3n) is 4.59. The number of carbonyl (C=O) groups excluding carboxylic acids is 2. The van der Waals surface area contributed by atoms with Gasteiger partial charge in [0, 0.05) is 17.7 Å². The molecule has 0 unspecified atom stereocenters. The van der Waals surface area contributed by atoms with E-state index in [1.165, 1.54) is 0 Å². The third-order valence-corrected chi connectivity index (χ3v) is 5.50. The summed E-state index contributed by atoms with van der Waals surface area (Å²) < 4.78 is 10.9. The fourth-order valence-corrected chi connectivity index (χ4v) is 3.82. The molecule has 0 radical (unpaired) electrons. The molecular weight excluding hydrogens is 414 g/mol. The molecule has 2 N–H and O–H groups in total. The molecule has 0 bridgehead atoms. The lowest BCUT2D eigenvalue weighted by Gasteiger charge is -2.17. The van der Waals surface area contributed by atoms with Gasteiger partial charge in [0.15, 0.2) is 5.58 Å². The molecule has 1 atom stereocenters. The lowest BCUT2D eigenvalue weighted by Crippen LogP contribution is -2.43. The van der Waals surface area contributed by atoms with Gasteiger partial charge in [0.05, 0.1) is 6.61 Å². The van der Waals surface area contributed by atoms with Gasteiger partial charge in [-0.2, -0.15) is 0 Å². The average Bonchev–Trinajstić information content (AvgIpc) is 3.19. The Labute approximate surface area is 185 Å². The summed E-state index contributed by atoms with van der Waals surface area (Å²) in [6, 6.07) is 13.8. The van der Waals surface area contributed by atoms with Crippen molar-refractivity contribution in [3.8, 4) is 0 Å². The zero-order valence-electron chi connectivity index (χ0n) is 17.7. The van der Waals surface area contributed by atoms with Crippen LogP contribution in [-0.2, 0) is 16.0 Å². The number of nitrogens with zero attached hydrogens (tertiary/aromatic N) is 1. The molecule has 3 rings (SSSR count). The molecule has 0 fully saturated rings. The molecule has 7 nitrogen and oxygen atoms in total. The van der Waals surface area contributed by atoms with Crippen LogP contribution in [0.2, 0.25) is 0 Å². The highest BCUT2D eigenvalue weighted by Gasteiger charge is 2.23. The van der Waals surface area contributed by atoms with Crippen molar-refractivity contribution >= 4 is 34.7 Å². The van der Waals surface area contributed by atoms with E-state index in [4.69, 9.17) is 9.15 Å². The quantitative estimate of drug-likeness (QED) is 0.267. The van der Waals surface area contributed by atoms with Crippen molar-refractivity contribution < 1.29 is 18.7 Å². The minimum atomic E-state index is -0.777. The molecule has 8 heteroatoms. The second kappa shape index (κ2) is 11.5. The number of rotatable bonds is 11. The van der Waals surface area contributed by atoms with E-state index in [2.05, 4.69) is 15.6 Å². The number of nitrogens with one attached hydrogen (secondary N) is 2. The number of carbonyl (C=O) groups is 2. The molecule has 0 aliphatic carbocycles. The van der Waals surface area contributed by atoms with Gasteiger partial charge in [-0.25, -0.2) is 9.78 Å². The van der Waals surface area contributed by atoms with Crippen molar-refractivity contribution in [3.63, 3.8) is 0 Å². The maximum absolute atomic E-state index is 12.9. The van der Waals surface area contributed by atoms with Crippen molar-refractivity contribution in [1.29, 1.82) is 0 Å². The number of ether oxygens (including phenoxy) is 1. The monoisotopic (exact) mass is 441 g/mol. The van der Waals surface area contributed by atoms with E-state index in [-0.39, 0.29) is 12.5 Å². The second-order valence-electron chi connectivity index (χ2n) is 6.94. The number of thioether (sulfide) groups is 1. The van der Waals surface area contributed by atoms with Crippen LogP contribution in [0.5, 0.6) is 0 Å². The molecule has 0 saturated heterocycles. The normalized spacial score (nSPS) is 11.9. The number of benzene rings is 2. The summed E-state index contributed by atoms with van der Waals surface area (Å²) in [4.78, 5) is 29.7. The molecule has 164 valence electrons. The molecule has 0 saturated carbocycles.